The van der Waals surface area contributed by atoms with Crippen LogP contribution in [0.5, 0.6) is 0 Å². The first-order valence-electron chi connectivity index (χ1n) is 7.37. The molecule has 118 valence electrons. The number of halogens is 2. The molecule has 0 radical (unpaired) electrons. The lowest BCUT2D eigenvalue weighted by atomic mass is 9.77. The molecule has 0 amide bonds. The molecule has 5 heteroatoms. The smallest absolute Gasteiger partial charge is 0.144 e. The van der Waals surface area contributed by atoms with Crippen molar-refractivity contribution >= 4 is 11.6 Å². The van der Waals surface area contributed by atoms with E-state index < -0.39 is 0 Å². The van der Waals surface area contributed by atoms with Gasteiger partial charge in [0.05, 0.1) is 18.2 Å². The van der Waals surface area contributed by atoms with Crippen LogP contribution in [0.3, 0.4) is 0 Å². The molecule has 0 spiro atoms. The van der Waals surface area contributed by atoms with Crippen molar-refractivity contribution in [2.24, 2.45) is 5.41 Å². The van der Waals surface area contributed by atoms with Crippen molar-refractivity contribution in [2.45, 2.75) is 19.3 Å². The van der Waals surface area contributed by atoms with E-state index in [0.29, 0.717) is 25.2 Å². The molecule has 0 aliphatic carbocycles. The van der Waals surface area contributed by atoms with Crippen LogP contribution in [0, 0.1) is 11.2 Å². The van der Waals surface area contributed by atoms with Crippen LogP contribution in [-0.4, -0.2) is 40.0 Å². The van der Waals surface area contributed by atoms with Crippen molar-refractivity contribution in [3.8, 4) is 0 Å². The van der Waals surface area contributed by atoms with E-state index in [0.717, 1.165) is 32.5 Å². The maximum atomic E-state index is 14.2. The maximum Gasteiger partial charge on any atom is 0.144 e. The molecule has 0 saturated carbocycles. The molecule has 1 aliphatic heterocycles. The third-order valence-electron chi connectivity index (χ3n) is 3.98. The number of rotatable bonds is 7. The molecule has 1 aromatic rings. The summed E-state index contributed by atoms with van der Waals surface area (Å²) >= 11 is 5.88. The molecule has 1 unspecified atom stereocenters. The number of hydrogen-bond acceptors (Lipinski definition) is 3. The van der Waals surface area contributed by atoms with Gasteiger partial charge in [-0.15, -0.1) is 0 Å². The average Bonchev–Trinajstić information content (AvgIpc) is 2.50. The second-order valence-corrected chi connectivity index (χ2v) is 6.12. The summed E-state index contributed by atoms with van der Waals surface area (Å²) in [4.78, 5) is 0. The van der Waals surface area contributed by atoms with Crippen LogP contribution in [0.1, 0.15) is 18.4 Å². The van der Waals surface area contributed by atoms with E-state index in [9.17, 15) is 4.39 Å². The largest absolute Gasteiger partial charge is 0.383 e. The van der Waals surface area contributed by atoms with Gasteiger partial charge >= 0.3 is 0 Å². The normalized spacial score (nSPS) is 22.4. The number of benzene rings is 1. The fraction of sp³-hybridized carbons (Fsp3) is 0.625. The van der Waals surface area contributed by atoms with Gasteiger partial charge in [0.25, 0.3) is 0 Å². The van der Waals surface area contributed by atoms with Crippen LogP contribution in [0.2, 0.25) is 5.02 Å². The Kier molecular flexibility index (Phi) is 6.42. The van der Waals surface area contributed by atoms with E-state index in [4.69, 9.17) is 21.1 Å². The first kappa shape index (κ1) is 16.7. The quantitative estimate of drug-likeness (QED) is 0.785. The average molecular weight is 316 g/mol. The van der Waals surface area contributed by atoms with Crippen LogP contribution in [0.25, 0.3) is 0 Å². The fourth-order valence-electron chi connectivity index (χ4n) is 2.87. The molecular weight excluding hydrogens is 293 g/mol. The Morgan fingerprint density at radius 2 is 2.33 bits per heavy atom. The van der Waals surface area contributed by atoms with Gasteiger partial charge in [0.1, 0.15) is 5.82 Å². The monoisotopic (exact) mass is 315 g/mol. The predicted octanol–water partition coefficient (Wildman–Crippen LogP) is 3.05. The van der Waals surface area contributed by atoms with Crippen LogP contribution in [0.15, 0.2) is 18.2 Å². The van der Waals surface area contributed by atoms with Crippen molar-refractivity contribution in [1.82, 2.24) is 5.32 Å². The molecule has 0 aromatic heterocycles. The zero-order valence-corrected chi connectivity index (χ0v) is 13.2. The highest BCUT2D eigenvalue weighted by molar-refractivity contribution is 6.30. The Labute approximate surface area is 130 Å². The number of methoxy groups -OCH3 is 1. The van der Waals surface area contributed by atoms with E-state index in [1.165, 1.54) is 0 Å². The molecule has 2 rings (SSSR count). The number of ether oxygens (including phenoxy) is 2. The van der Waals surface area contributed by atoms with Gasteiger partial charge in [-0.2, -0.15) is 0 Å². The SMILES string of the molecule is COCCNCC1(Cc2cccc(Cl)c2F)CCCOC1. The molecular formula is C16H23ClFNO2. The van der Waals surface area contributed by atoms with E-state index in [1.54, 1.807) is 19.2 Å². The third kappa shape index (κ3) is 4.65. The van der Waals surface area contributed by atoms with Crippen LogP contribution in [0.4, 0.5) is 4.39 Å². The van der Waals surface area contributed by atoms with Gasteiger partial charge in [0.15, 0.2) is 0 Å². The summed E-state index contributed by atoms with van der Waals surface area (Å²) < 4.78 is 24.9. The molecule has 1 aromatic carbocycles. The van der Waals surface area contributed by atoms with Gasteiger partial charge in [-0.05, 0) is 30.9 Å². The Hall–Kier alpha value is -0.680. The maximum absolute atomic E-state index is 14.2. The summed E-state index contributed by atoms with van der Waals surface area (Å²) in [6.45, 7) is 3.69. The van der Waals surface area contributed by atoms with Gasteiger partial charge in [-0.25, -0.2) is 4.39 Å². The summed E-state index contributed by atoms with van der Waals surface area (Å²) in [6, 6.07) is 5.20. The van der Waals surface area contributed by atoms with E-state index in [2.05, 4.69) is 5.32 Å². The predicted molar refractivity (Wildman–Crippen MR) is 82.3 cm³/mol. The Bertz CT molecular complexity index is 450. The highest BCUT2D eigenvalue weighted by Crippen LogP contribution is 2.33. The topological polar surface area (TPSA) is 30.5 Å². The molecule has 1 aliphatic rings. The fourth-order valence-corrected chi connectivity index (χ4v) is 3.06. The van der Waals surface area contributed by atoms with Gasteiger partial charge in [0.2, 0.25) is 0 Å². The minimum absolute atomic E-state index is 0.0719. The summed E-state index contributed by atoms with van der Waals surface area (Å²) in [5, 5.41) is 3.58. The summed E-state index contributed by atoms with van der Waals surface area (Å²) in [5.41, 5.74) is 0.596. The lowest BCUT2D eigenvalue weighted by Gasteiger charge is -2.37. The van der Waals surface area contributed by atoms with E-state index >= 15 is 0 Å². The summed E-state index contributed by atoms with van der Waals surface area (Å²) in [7, 11) is 1.68. The Morgan fingerprint density at radius 3 is 3.05 bits per heavy atom. The Balaban J connectivity index is 2.06. The third-order valence-corrected chi connectivity index (χ3v) is 4.28. The highest BCUT2D eigenvalue weighted by Gasteiger charge is 2.33. The van der Waals surface area contributed by atoms with Crippen LogP contribution in [-0.2, 0) is 15.9 Å². The molecule has 21 heavy (non-hydrogen) atoms. The van der Waals surface area contributed by atoms with Crippen molar-refractivity contribution < 1.29 is 13.9 Å². The highest BCUT2D eigenvalue weighted by atomic mass is 35.5. The second-order valence-electron chi connectivity index (χ2n) is 5.72. The lowest BCUT2D eigenvalue weighted by molar-refractivity contribution is -0.00807. The zero-order valence-electron chi connectivity index (χ0n) is 12.5. The standard InChI is InChI=1S/C16H23ClFNO2/c1-20-9-7-19-11-16(6-3-8-21-12-16)10-13-4-2-5-14(17)15(13)18/h2,4-5,19H,3,6-12H2,1H3. The molecule has 1 N–H and O–H groups in total. The van der Waals surface area contributed by atoms with Crippen molar-refractivity contribution in [1.29, 1.82) is 0 Å². The number of hydrogen-bond donors (Lipinski definition) is 1. The molecule has 1 saturated heterocycles. The van der Waals surface area contributed by atoms with Gasteiger partial charge in [-0.1, -0.05) is 23.7 Å². The van der Waals surface area contributed by atoms with Crippen molar-refractivity contribution in [3.63, 3.8) is 0 Å². The molecule has 0 bridgehead atoms. The first-order valence-corrected chi connectivity index (χ1v) is 7.75. The van der Waals surface area contributed by atoms with Gasteiger partial charge in [0, 0.05) is 32.2 Å². The van der Waals surface area contributed by atoms with Crippen molar-refractivity contribution in [3.05, 3.63) is 34.6 Å². The summed E-state index contributed by atoms with van der Waals surface area (Å²) in [5.74, 6) is -0.305. The Morgan fingerprint density at radius 1 is 1.48 bits per heavy atom. The molecule has 1 fully saturated rings. The summed E-state index contributed by atoms with van der Waals surface area (Å²) in [6.07, 6.45) is 2.67. The molecule has 3 nitrogen and oxygen atoms in total. The van der Waals surface area contributed by atoms with Gasteiger partial charge in [-0.3, -0.25) is 0 Å². The molecule has 1 heterocycles. The lowest BCUT2D eigenvalue weighted by Crippen LogP contribution is -2.43. The molecule has 1 atom stereocenters. The van der Waals surface area contributed by atoms with E-state index in [1.807, 2.05) is 6.07 Å². The van der Waals surface area contributed by atoms with E-state index in [-0.39, 0.29) is 16.3 Å². The van der Waals surface area contributed by atoms with Crippen LogP contribution < -0.4 is 5.32 Å². The minimum Gasteiger partial charge on any atom is -0.383 e. The van der Waals surface area contributed by atoms with Crippen LogP contribution >= 0.6 is 11.6 Å². The number of nitrogens with one attached hydrogen (secondary N) is 1. The zero-order chi connectivity index (χ0) is 15.1. The first-order chi connectivity index (χ1) is 10.2. The van der Waals surface area contributed by atoms with Gasteiger partial charge < -0.3 is 14.8 Å². The van der Waals surface area contributed by atoms with Crippen molar-refractivity contribution in [2.75, 3.05) is 40.0 Å². The minimum atomic E-state index is -0.305. The second kappa shape index (κ2) is 8.08.